The van der Waals surface area contributed by atoms with Crippen LogP contribution in [0.5, 0.6) is 0 Å². The molecule has 0 saturated heterocycles. The van der Waals surface area contributed by atoms with Crippen LogP contribution < -0.4 is 11.1 Å². The first-order valence-electron chi connectivity index (χ1n) is 6.26. The summed E-state index contributed by atoms with van der Waals surface area (Å²) < 4.78 is 13.5. The number of benzene rings is 1. The van der Waals surface area contributed by atoms with Crippen LogP contribution in [0, 0.1) is 6.92 Å². The number of nitrogens with one attached hydrogen (secondary N) is 1. The molecule has 1 atom stereocenters. The molecule has 0 radical (unpaired) electrons. The molecule has 2 nitrogen and oxygen atoms in total. The van der Waals surface area contributed by atoms with Gasteiger partial charge in [0.05, 0.1) is 0 Å². The van der Waals surface area contributed by atoms with Crippen LogP contribution in [-0.4, -0.2) is 18.3 Å². The molecular formula is C14H21FN2. The van der Waals surface area contributed by atoms with Gasteiger partial charge in [0.1, 0.15) is 5.67 Å². The molecule has 0 amide bonds. The van der Waals surface area contributed by atoms with Crippen LogP contribution in [-0.2, 0) is 6.42 Å². The number of rotatable bonds is 5. The summed E-state index contributed by atoms with van der Waals surface area (Å²) in [5.74, 6) is 0. The van der Waals surface area contributed by atoms with Crippen LogP contribution in [0.15, 0.2) is 18.2 Å². The van der Waals surface area contributed by atoms with Crippen LogP contribution in [0.25, 0.3) is 0 Å². The Kier molecular flexibility index (Phi) is 3.38. The van der Waals surface area contributed by atoms with Crippen molar-refractivity contribution in [3.05, 3.63) is 29.3 Å². The van der Waals surface area contributed by atoms with E-state index in [2.05, 4.69) is 18.3 Å². The lowest BCUT2D eigenvalue weighted by Crippen LogP contribution is -2.34. The average molecular weight is 236 g/mol. The highest BCUT2D eigenvalue weighted by atomic mass is 19.1. The molecule has 0 aliphatic heterocycles. The van der Waals surface area contributed by atoms with Gasteiger partial charge in [-0.15, -0.1) is 0 Å². The van der Waals surface area contributed by atoms with Crippen molar-refractivity contribution < 1.29 is 4.39 Å². The molecule has 3 N–H and O–H groups in total. The molecule has 17 heavy (non-hydrogen) atoms. The maximum atomic E-state index is 13.5. The van der Waals surface area contributed by atoms with Crippen molar-refractivity contribution in [2.45, 2.75) is 44.8 Å². The molecule has 2 rings (SSSR count). The SMILES string of the molecule is Cc1c(N)cccc1C[C@@H](C)NCC1(F)CC1. The highest BCUT2D eigenvalue weighted by molar-refractivity contribution is 5.50. The molecule has 0 unspecified atom stereocenters. The minimum Gasteiger partial charge on any atom is -0.399 e. The zero-order valence-electron chi connectivity index (χ0n) is 10.6. The molecular weight excluding hydrogens is 215 g/mol. The molecule has 1 aliphatic carbocycles. The van der Waals surface area contributed by atoms with E-state index >= 15 is 0 Å². The fraction of sp³-hybridized carbons (Fsp3) is 0.571. The Balaban J connectivity index is 1.88. The predicted octanol–water partition coefficient (Wildman–Crippen LogP) is 2.60. The molecule has 1 aliphatic rings. The van der Waals surface area contributed by atoms with Crippen molar-refractivity contribution in [2.24, 2.45) is 0 Å². The number of halogens is 1. The number of nitrogens with two attached hydrogens (primary N) is 1. The monoisotopic (exact) mass is 236 g/mol. The summed E-state index contributed by atoms with van der Waals surface area (Å²) in [5, 5.41) is 3.26. The van der Waals surface area contributed by atoms with E-state index in [4.69, 9.17) is 5.73 Å². The molecule has 1 fully saturated rings. The third-order valence-corrected chi connectivity index (χ3v) is 3.57. The molecule has 0 aromatic heterocycles. The van der Waals surface area contributed by atoms with Crippen molar-refractivity contribution in [3.63, 3.8) is 0 Å². The van der Waals surface area contributed by atoms with E-state index in [1.807, 2.05) is 19.1 Å². The lowest BCUT2D eigenvalue weighted by Gasteiger charge is -2.17. The Hall–Kier alpha value is -1.09. The smallest absolute Gasteiger partial charge is 0.123 e. The summed E-state index contributed by atoms with van der Waals surface area (Å²) in [6.45, 7) is 4.61. The summed E-state index contributed by atoms with van der Waals surface area (Å²) in [4.78, 5) is 0. The second-order valence-corrected chi connectivity index (χ2v) is 5.27. The van der Waals surface area contributed by atoms with Crippen LogP contribution in [0.1, 0.15) is 30.9 Å². The average Bonchev–Trinajstić information content (AvgIpc) is 3.01. The van der Waals surface area contributed by atoms with E-state index in [9.17, 15) is 4.39 Å². The fourth-order valence-electron chi connectivity index (χ4n) is 2.00. The van der Waals surface area contributed by atoms with Gasteiger partial charge in [0.15, 0.2) is 0 Å². The number of hydrogen-bond acceptors (Lipinski definition) is 2. The Bertz CT molecular complexity index is 399. The third-order valence-electron chi connectivity index (χ3n) is 3.57. The quantitative estimate of drug-likeness (QED) is 0.771. The van der Waals surface area contributed by atoms with Crippen molar-refractivity contribution in [1.29, 1.82) is 0 Å². The first-order valence-corrected chi connectivity index (χ1v) is 6.26. The third kappa shape index (κ3) is 3.19. The minimum atomic E-state index is -0.918. The summed E-state index contributed by atoms with van der Waals surface area (Å²) in [6, 6.07) is 6.26. The lowest BCUT2D eigenvalue weighted by molar-refractivity contribution is 0.285. The maximum Gasteiger partial charge on any atom is 0.123 e. The van der Waals surface area contributed by atoms with Gasteiger partial charge in [0, 0.05) is 18.3 Å². The molecule has 1 aromatic carbocycles. The summed E-state index contributed by atoms with van der Waals surface area (Å²) in [6.07, 6.45) is 2.32. The molecule has 3 heteroatoms. The highest BCUT2D eigenvalue weighted by Gasteiger charge is 2.42. The van der Waals surface area contributed by atoms with Gasteiger partial charge >= 0.3 is 0 Å². The maximum absolute atomic E-state index is 13.5. The standard InChI is InChI=1S/C14H21FN2/c1-10(17-9-14(15)6-7-14)8-12-4-3-5-13(16)11(12)2/h3-5,10,17H,6-9,16H2,1-2H3/t10-/m1/s1. The van der Waals surface area contributed by atoms with Gasteiger partial charge in [-0.3, -0.25) is 0 Å². The minimum absolute atomic E-state index is 0.281. The molecule has 1 saturated carbocycles. The van der Waals surface area contributed by atoms with E-state index in [0.717, 1.165) is 17.7 Å². The fourth-order valence-corrected chi connectivity index (χ4v) is 2.00. The van der Waals surface area contributed by atoms with Crippen LogP contribution in [0.3, 0.4) is 0 Å². The van der Waals surface area contributed by atoms with Crippen molar-refractivity contribution in [3.8, 4) is 0 Å². The zero-order chi connectivity index (χ0) is 12.5. The number of alkyl halides is 1. The van der Waals surface area contributed by atoms with Crippen LogP contribution in [0.4, 0.5) is 10.1 Å². The summed E-state index contributed by atoms with van der Waals surface area (Å²) >= 11 is 0. The van der Waals surface area contributed by atoms with Crippen LogP contribution in [0.2, 0.25) is 0 Å². The lowest BCUT2D eigenvalue weighted by atomic mass is 10.0. The zero-order valence-corrected chi connectivity index (χ0v) is 10.6. The van der Waals surface area contributed by atoms with Gasteiger partial charge in [-0.05, 0) is 50.3 Å². The summed E-state index contributed by atoms with van der Waals surface area (Å²) in [5.41, 5.74) is 8.17. The van der Waals surface area contributed by atoms with E-state index < -0.39 is 5.67 Å². The van der Waals surface area contributed by atoms with Crippen molar-refractivity contribution in [2.75, 3.05) is 12.3 Å². The molecule has 0 bridgehead atoms. The molecule has 1 aromatic rings. The first-order chi connectivity index (χ1) is 8.00. The highest BCUT2D eigenvalue weighted by Crippen LogP contribution is 2.38. The summed E-state index contributed by atoms with van der Waals surface area (Å²) in [7, 11) is 0. The number of hydrogen-bond donors (Lipinski definition) is 2. The van der Waals surface area contributed by atoms with Gasteiger partial charge in [0.25, 0.3) is 0 Å². The van der Waals surface area contributed by atoms with Gasteiger partial charge in [-0.25, -0.2) is 4.39 Å². The van der Waals surface area contributed by atoms with Gasteiger partial charge in [0.2, 0.25) is 0 Å². The number of nitrogen functional groups attached to an aromatic ring is 1. The number of anilines is 1. The van der Waals surface area contributed by atoms with Crippen LogP contribution >= 0.6 is 0 Å². The largest absolute Gasteiger partial charge is 0.399 e. The Morgan fingerprint density at radius 3 is 2.82 bits per heavy atom. The van der Waals surface area contributed by atoms with Gasteiger partial charge in [-0.2, -0.15) is 0 Å². The topological polar surface area (TPSA) is 38.0 Å². The van der Waals surface area contributed by atoms with Gasteiger partial charge < -0.3 is 11.1 Å². The van der Waals surface area contributed by atoms with Gasteiger partial charge in [-0.1, -0.05) is 12.1 Å². The van der Waals surface area contributed by atoms with E-state index in [1.165, 1.54) is 5.56 Å². The molecule has 0 heterocycles. The van der Waals surface area contributed by atoms with E-state index in [-0.39, 0.29) is 6.04 Å². The van der Waals surface area contributed by atoms with E-state index in [1.54, 1.807) is 0 Å². The normalized spacial score (nSPS) is 19.0. The van der Waals surface area contributed by atoms with Crippen molar-refractivity contribution >= 4 is 5.69 Å². The predicted molar refractivity (Wildman–Crippen MR) is 69.8 cm³/mol. The van der Waals surface area contributed by atoms with Crippen molar-refractivity contribution in [1.82, 2.24) is 5.32 Å². The molecule has 0 spiro atoms. The Morgan fingerprint density at radius 1 is 1.47 bits per heavy atom. The first kappa shape index (κ1) is 12.4. The Labute approximate surface area is 102 Å². The molecule has 94 valence electrons. The van der Waals surface area contributed by atoms with E-state index in [0.29, 0.717) is 19.4 Å². The second kappa shape index (κ2) is 4.65. The Morgan fingerprint density at radius 2 is 2.18 bits per heavy atom. The second-order valence-electron chi connectivity index (χ2n) is 5.27.